The summed E-state index contributed by atoms with van der Waals surface area (Å²) in [6.07, 6.45) is 0. The molecule has 23 heavy (non-hydrogen) atoms. The first-order valence-corrected chi connectivity index (χ1v) is 11.8. The van der Waals surface area contributed by atoms with E-state index in [1.165, 1.54) is 12.1 Å². The predicted molar refractivity (Wildman–Crippen MR) is 85.2 cm³/mol. The van der Waals surface area contributed by atoms with Crippen LogP contribution in [0.2, 0.25) is 0 Å². The molecule has 0 saturated carbocycles. The Bertz CT molecular complexity index is 720. The van der Waals surface area contributed by atoms with Gasteiger partial charge in [0.15, 0.2) is 9.84 Å². The molecule has 2 N–H and O–H groups in total. The zero-order valence-corrected chi connectivity index (χ0v) is 15.6. The van der Waals surface area contributed by atoms with E-state index in [9.17, 15) is 22.4 Å². The summed E-state index contributed by atoms with van der Waals surface area (Å²) in [7, 11) is -12.7. The zero-order chi connectivity index (χ0) is 17.9. The molecule has 0 fully saturated rings. The van der Waals surface area contributed by atoms with Gasteiger partial charge in [0, 0.05) is 6.66 Å². The van der Waals surface area contributed by atoms with E-state index in [1.54, 1.807) is 12.1 Å². The highest BCUT2D eigenvalue weighted by molar-refractivity contribution is 7.91. The van der Waals surface area contributed by atoms with Gasteiger partial charge in [-0.1, -0.05) is 26.0 Å². The lowest BCUT2D eigenvalue weighted by molar-refractivity contribution is 0.206. The van der Waals surface area contributed by atoms with Crippen LogP contribution < -0.4 is 0 Å². The number of hydrogen-bond donors (Lipinski definition) is 2. The number of sulfone groups is 1. The van der Waals surface area contributed by atoms with Crippen LogP contribution in [0, 0.1) is 0 Å². The summed E-state index contributed by atoms with van der Waals surface area (Å²) in [5.74, 6) is -0.308. The summed E-state index contributed by atoms with van der Waals surface area (Å²) in [5.41, 5.74) is 0.982. The van der Waals surface area contributed by atoms with Gasteiger partial charge in [0.25, 0.3) is 0 Å². The van der Waals surface area contributed by atoms with Gasteiger partial charge in [0.1, 0.15) is 0 Å². The van der Waals surface area contributed by atoms with E-state index >= 15 is 0 Å². The van der Waals surface area contributed by atoms with Crippen LogP contribution in [0.4, 0.5) is 0 Å². The molecular formula is C12H20O8P2S. The molecular weight excluding hydrogens is 366 g/mol. The molecule has 0 aliphatic rings. The van der Waals surface area contributed by atoms with E-state index < -0.39 is 37.6 Å². The molecule has 0 heterocycles. The largest absolute Gasteiger partial charge is 0.479 e. The Morgan fingerprint density at radius 3 is 2.09 bits per heavy atom. The minimum atomic E-state index is -4.79. The van der Waals surface area contributed by atoms with Gasteiger partial charge in [0.05, 0.1) is 17.3 Å². The van der Waals surface area contributed by atoms with Crippen LogP contribution in [-0.2, 0) is 27.8 Å². The minimum Gasteiger partial charge on any atom is -0.324 e. The second-order valence-corrected chi connectivity index (χ2v) is 10.8. The van der Waals surface area contributed by atoms with Crippen molar-refractivity contribution < 1.29 is 36.2 Å². The van der Waals surface area contributed by atoms with E-state index in [4.69, 9.17) is 4.89 Å². The first-order valence-electron chi connectivity index (χ1n) is 6.64. The van der Waals surface area contributed by atoms with Crippen molar-refractivity contribution in [3.05, 3.63) is 29.8 Å². The van der Waals surface area contributed by atoms with Crippen LogP contribution in [-0.4, -0.2) is 37.2 Å². The normalized spacial score (nSPS) is 17.7. The van der Waals surface area contributed by atoms with Crippen LogP contribution >= 0.6 is 15.4 Å². The fraction of sp³-hybridized carbons (Fsp3) is 0.500. The zero-order valence-electron chi connectivity index (χ0n) is 12.9. The van der Waals surface area contributed by atoms with E-state index in [0.717, 1.165) is 5.56 Å². The monoisotopic (exact) mass is 386 g/mol. The second-order valence-electron chi connectivity index (χ2n) is 5.23. The van der Waals surface area contributed by atoms with E-state index in [-0.39, 0.29) is 10.8 Å². The van der Waals surface area contributed by atoms with Gasteiger partial charge in [-0.2, -0.15) is 0 Å². The average Bonchev–Trinajstić information content (AvgIpc) is 2.35. The fourth-order valence-electron chi connectivity index (χ4n) is 1.66. The summed E-state index contributed by atoms with van der Waals surface area (Å²) in [5, 5.41) is 0. The summed E-state index contributed by atoms with van der Waals surface area (Å²) < 4.78 is 54.8. The van der Waals surface area contributed by atoms with Crippen molar-refractivity contribution >= 4 is 25.3 Å². The molecule has 0 bridgehead atoms. The number of phosphoric acid groups is 1. The number of rotatable bonds is 8. The van der Waals surface area contributed by atoms with Crippen molar-refractivity contribution in [2.45, 2.75) is 24.7 Å². The van der Waals surface area contributed by atoms with Crippen molar-refractivity contribution in [3.8, 4) is 0 Å². The van der Waals surface area contributed by atoms with Gasteiger partial charge in [0.2, 0.25) is 0 Å². The Hall–Kier alpha value is -0.530. The van der Waals surface area contributed by atoms with Crippen molar-refractivity contribution in [1.82, 2.24) is 0 Å². The van der Waals surface area contributed by atoms with Gasteiger partial charge in [-0.05, 0) is 23.6 Å². The Morgan fingerprint density at radius 2 is 1.65 bits per heavy atom. The third kappa shape index (κ3) is 7.27. The van der Waals surface area contributed by atoms with Crippen LogP contribution in [0.5, 0.6) is 0 Å². The molecule has 0 aromatic heterocycles. The SMILES string of the molecule is CC(C)c1ccc(S(=O)(=O)CCOP(=O)(O)OP(C)(=O)O)cc1. The molecule has 0 aliphatic heterocycles. The first-order chi connectivity index (χ1) is 10.3. The molecule has 1 aromatic carbocycles. The third-order valence-corrected chi connectivity index (χ3v) is 7.01. The minimum absolute atomic E-state index is 0.0579. The molecule has 0 radical (unpaired) electrons. The molecule has 11 heteroatoms. The third-order valence-electron chi connectivity index (χ3n) is 2.77. The van der Waals surface area contributed by atoms with Gasteiger partial charge in [-0.3, -0.25) is 9.09 Å². The van der Waals surface area contributed by atoms with Gasteiger partial charge >= 0.3 is 15.4 Å². The van der Waals surface area contributed by atoms with Crippen molar-refractivity contribution in [2.75, 3.05) is 19.0 Å². The Balaban J connectivity index is 2.69. The Morgan fingerprint density at radius 1 is 1.13 bits per heavy atom. The van der Waals surface area contributed by atoms with E-state index in [2.05, 4.69) is 8.83 Å². The van der Waals surface area contributed by atoms with Crippen LogP contribution in [0.1, 0.15) is 25.3 Å². The summed E-state index contributed by atoms with van der Waals surface area (Å²) in [6.45, 7) is 4.02. The van der Waals surface area contributed by atoms with Crippen LogP contribution in [0.15, 0.2) is 29.2 Å². The van der Waals surface area contributed by atoms with Gasteiger partial charge in [-0.15, -0.1) is 0 Å². The summed E-state index contributed by atoms with van der Waals surface area (Å²) in [4.78, 5) is 18.1. The lowest BCUT2D eigenvalue weighted by atomic mass is 10.0. The molecule has 132 valence electrons. The topological polar surface area (TPSA) is 127 Å². The highest BCUT2D eigenvalue weighted by Crippen LogP contribution is 2.57. The van der Waals surface area contributed by atoms with Crippen molar-refractivity contribution in [3.63, 3.8) is 0 Å². The molecule has 0 spiro atoms. The average molecular weight is 386 g/mol. The lowest BCUT2D eigenvalue weighted by Gasteiger charge is -2.13. The molecule has 2 unspecified atom stereocenters. The number of benzene rings is 1. The Labute approximate surface area is 135 Å². The van der Waals surface area contributed by atoms with Gasteiger partial charge < -0.3 is 9.79 Å². The molecule has 0 amide bonds. The molecule has 8 nitrogen and oxygen atoms in total. The number of phosphoric ester groups is 1. The molecule has 0 saturated heterocycles. The predicted octanol–water partition coefficient (Wildman–Crippen LogP) is 2.53. The maximum atomic E-state index is 12.1. The highest BCUT2D eigenvalue weighted by Gasteiger charge is 2.30. The van der Waals surface area contributed by atoms with Crippen LogP contribution in [0.3, 0.4) is 0 Å². The standard InChI is InChI=1S/C12H20O8P2S/c1-10(2)11-4-6-12(7-5-11)23(17,18)9-8-19-22(15,16)20-21(3,13)14/h4-7,10H,8-9H2,1-3H3,(H,13,14)(H,15,16). The maximum absolute atomic E-state index is 12.1. The van der Waals surface area contributed by atoms with Crippen molar-refractivity contribution in [1.29, 1.82) is 0 Å². The maximum Gasteiger partial charge on any atom is 0.479 e. The van der Waals surface area contributed by atoms with Crippen LogP contribution in [0.25, 0.3) is 0 Å². The highest BCUT2D eigenvalue weighted by atomic mass is 32.2. The number of hydrogen-bond acceptors (Lipinski definition) is 6. The summed E-state index contributed by atoms with van der Waals surface area (Å²) in [6, 6.07) is 6.29. The van der Waals surface area contributed by atoms with Crippen molar-refractivity contribution in [2.24, 2.45) is 0 Å². The quantitative estimate of drug-likeness (QED) is 0.653. The summed E-state index contributed by atoms with van der Waals surface area (Å²) >= 11 is 0. The lowest BCUT2D eigenvalue weighted by Crippen LogP contribution is -2.12. The van der Waals surface area contributed by atoms with Gasteiger partial charge in [-0.25, -0.2) is 17.3 Å². The molecule has 1 aromatic rings. The molecule has 0 aliphatic carbocycles. The second kappa shape index (κ2) is 7.57. The Kier molecular flexibility index (Phi) is 6.75. The van der Waals surface area contributed by atoms with E-state index in [1.807, 2.05) is 13.8 Å². The fourth-order valence-corrected chi connectivity index (χ4v) is 4.91. The molecule has 2 atom stereocenters. The first kappa shape index (κ1) is 20.5. The van der Waals surface area contributed by atoms with E-state index in [0.29, 0.717) is 6.66 Å². The molecule has 1 rings (SSSR count). The smallest absolute Gasteiger partial charge is 0.324 e.